The number of alkyl carbamates (subject to hydrolysis) is 2. The summed E-state index contributed by atoms with van der Waals surface area (Å²) in [7, 11) is 2.55. The summed E-state index contributed by atoms with van der Waals surface area (Å²) in [6.07, 6.45) is 6.04. The minimum atomic E-state index is -0.625. The van der Waals surface area contributed by atoms with Crippen LogP contribution in [0.4, 0.5) is 9.59 Å². The topological polar surface area (TPSA) is 175 Å². The van der Waals surface area contributed by atoms with Gasteiger partial charge in [0.25, 0.3) is 0 Å². The number of imidazole rings is 2. The van der Waals surface area contributed by atoms with Crippen LogP contribution in [0.25, 0.3) is 33.6 Å². The molecule has 258 valence electrons. The molecule has 4 N–H and O–H groups in total. The molecule has 0 spiro atoms. The number of likely N-dealkylation sites (tertiary alicyclic amines) is 2. The molecule has 2 saturated carbocycles. The van der Waals surface area contributed by atoms with Crippen LogP contribution in [0.15, 0.2) is 60.9 Å². The van der Waals surface area contributed by atoms with Gasteiger partial charge in [-0.2, -0.15) is 0 Å². The molecule has 2 aromatic carbocycles. The average Bonchev–Trinajstić information content (AvgIpc) is 3.73. The van der Waals surface area contributed by atoms with Gasteiger partial charge in [0, 0.05) is 12.1 Å². The first kappa shape index (κ1) is 31.6. The molecular weight excluding hydrogens is 640 g/mol. The van der Waals surface area contributed by atoms with Crippen LogP contribution in [0.3, 0.4) is 0 Å². The van der Waals surface area contributed by atoms with Gasteiger partial charge in [0.05, 0.1) is 50.1 Å². The number of H-pyrrole nitrogens is 2. The predicted octanol–water partition coefficient (Wildman–Crippen LogP) is 4.17. The number of aromatic nitrogens is 4. The number of piperidine rings is 2. The van der Waals surface area contributed by atoms with Gasteiger partial charge >= 0.3 is 12.2 Å². The van der Waals surface area contributed by atoms with Crippen LogP contribution in [0, 0.1) is 11.8 Å². The number of methoxy groups -OCH3 is 2. The lowest BCUT2D eigenvalue weighted by Gasteiger charge is -2.26. The maximum absolute atomic E-state index is 13.0. The number of nitrogens with zero attached hydrogens (tertiary/aromatic N) is 4. The highest BCUT2D eigenvalue weighted by Gasteiger charge is 2.56. The van der Waals surface area contributed by atoms with Crippen molar-refractivity contribution in [3.8, 4) is 33.6 Å². The zero-order valence-electron chi connectivity index (χ0n) is 27.7. The van der Waals surface area contributed by atoms with E-state index in [0.29, 0.717) is 11.8 Å². The van der Waals surface area contributed by atoms with E-state index in [-0.39, 0.29) is 49.1 Å². The molecule has 4 amide bonds. The molecule has 2 saturated heterocycles. The number of amides is 4. The second-order valence-electron chi connectivity index (χ2n) is 13.4. The summed E-state index contributed by atoms with van der Waals surface area (Å²) in [6.45, 7) is -0.209. The van der Waals surface area contributed by atoms with Crippen molar-refractivity contribution in [2.24, 2.45) is 11.8 Å². The monoisotopic (exact) mass is 678 g/mol. The van der Waals surface area contributed by atoms with Crippen molar-refractivity contribution < 1.29 is 28.7 Å². The summed E-state index contributed by atoms with van der Waals surface area (Å²) in [5, 5.41) is 4.99. The van der Waals surface area contributed by atoms with Crippen molar-refractivity contribution >= 4 is 24.0 Å². The smallest absolute Gasteiger partial charge is 0.407 e. The third kappa shape index (κ3) is 5.94. The molecule has 2 aromatic heterocycles. The Morgan fingerprint density at radius 1 is 0.640 bits per heavy atom. The molecule has 0 radical (unpaired) electrons. The second kappa shape index (κ2) is 12.7. The number of carbonyl (C=O) groups is 4. The van der Waals surface area contributed by atoms with Crippen molar-refractivity contribution in [1.29, 1.82) is 0 Å². The van der Waals surface area contributed by atoms with Gasteiger partial charge in [0.1, 0.15) is 24.7 Å². The first-order chi connectivity index (χ1) is 24.3. The number of hydrogen-bond donors (Lipinski definition) is 4. The van der Waals surface area contributed by atoms with Crippen LogP contribution in [-0.4, -0.2) is 93.1 Å². The molecule has 6 atom stereocenters. The SMILES string of the molecule is COC(=O)NCC(=O)N1C(c2ncc(-c3ccc(-c4ccc(-c5cnc(C6CC7CC7N6C(=O)CNC(=O)OC)[nH]5)cc4)cc3)[nH]2)CC2CC21. The molecule has 2 aliphatic carbocycles. The van der Waals surface area contributed by atoms with Gasteiger partial charge in [-0.3, -0.25) is 9.59 Å². The number of carbonyl (C=O) groups excluding carboxylic acids is 4. The van der Waals surface area contributed by atoms with Gasteiger partial charge in [-0.15, -0.1) is 0 Å². The molecule has 50 heavy (non-hydrogen) atoms. The lowest BCUT2D eigenvalue weighted by Crippen LogP contribution is -2.41. The van der Waals surface area contributed by atoms with Gasteiger partial charge in [-0.25, -0.2) is 19.6 Å². The standard InChI is InChI=1S/C36H38N8O6/c1-49-35(47)39-17-31(45)43-27-11-23(27)13-29(43)33-37-15-25(41-33)21-7-3-19(4-8-21)20-5-9-22(10-6-20)26-16-38-34(42-26)30-14-24-12-28(24)44(30)32(46)18-40-36(48)50-2/h3-10,15-16,23-24,27-30H,11-14,17-18H2,1-2H3,(H,37,41)(H,38,42)(H,39,47)(H,40,48). The molecule has 0 bridgehead atoms. The Morgan fingerprint density at radius 2 is 1.02 bits per heavy atom. The molecule has 14 nitrogen and oxygen atoms in total. The third-order valence-corrected chi connectivity index (χ3v) is 10.5. The maximum Gasteiger partial charge on any atom is 0.407 e. The van der Waals surface area contributed by atoms with Crippen molar-refractivity contribution in [1.82, 2.24) is 40.4 Å². The van der Waals surface area contributed by atoms with Crippen molar-refractivity contribution in [2.75, 3.05) is 27.3 Å². The van der Waals surface area contributed by atoms with E-state index in [4.69, 9.17) is 0 Å². The fraction of sp³-hybridized carbons (Fsp3) is 0.389. The fourth-order valence-electron chi connectivity index (χ4n) is 7.73. The summed E-state index contributed by atoms with van der Waals surface area (Å²) in [4.78, 5) is 68.8. The van der Waals surface area contributed by atoms with Crippen LogP contribution in [0.1, 0.15) is 49.4 Å². The number of aromatic amines is 2. The fourth-order valence-corrected chi connectivity index (χ4v) is 7.73. The number of hydrogen-bond acceptors (Lipinski definition) is 8. The van der Waals surface area contributed by atoms with Crippen molar-refractivity contribution in [2.45, 2.75) is 49.9 Å². The Bertz CT molecular complexity index is 1800. The molecule has 4 heterocycles. The van der Waals surface area contributed by atoms with Crippen molar-refractivity contribution in [3.63, 3.8) is 0 Å². The van der Waals surface area contributed by atoms with E-state index in [0.717, 1.165) is 71.0 Å². The lowest BCUT2D eigenvalue weighted by molar-refractivity contribution is -0.133. The molecule has 14 heteroatoms. The summed E-state index contributed by atoms with van der Waals surface area (Å²) in [5.74, 6) is 2.17. The number of ether oxygens (including phenoxy) is 2. The maximum atomic E-state index is 13.0. The third-order valence-electron chi connectivity index (χ3n) is 10.5. The lowest BCUT2D eigenvalue weighted by atomic mass is 10.0. The number of rotatable bonds is 9. The highest BCUT2D eigenvalue weighted by atomic mass is 16.5. The van der Waals surface area contributed by atoms with E-state index >= 15 is 0 Å². The van der Waals surface area contributed by atoms with E-state index in [1.165, 1.54) is 14.2 Å². The molecule has 2 aliphatic heterocycles. The van der Waals surface area contributed by atoms with Gasteiger partial charge in [0.2, 0.25) is 11.8 Å². The Balaban J connectivity index is 0.912. The van der Waals surface area contributed by atoms with Crippen LogP contribution in [0.5, 0.6) is 0 Å². The largest absolute Gasteiger partial charge is 0.453 e. The minimum Gasteiger partial charge on any atom is -0.453 e. The van der Waals surface area contributed by atoms with Crippen LogP contribution in [-0.2, 0) is 19.1 Å². The summed E-state index contributed by atoms with van der Waals surface area (Å²) in [5.41, 5.74) is 5.85. The summed E-state index contributed by atoms with van der Waals surface area (Å²) in [6, 6.07) is 16.6. The summed E-state index contributed by atoms with van der Waals surface area (Å²) < 4.78 is 9.21. The predicted molar refractivity (Wildman–Crippen MR) is 180 cm³/mol. The molecule has 6 unspecified atom stereocenters. The van der Waals surface area contributed by atoms with E-state index < -0.39 is 12.2 Å². The Kier molecular flexibility index (Phi) is 8.00. The van der Waals surface area contributed by atoms with Gasteiger partial charge in [-0.05, 0) is 59.8 Å². The zero-order valence-corrected chi connectivity index (χ0v) is 27.7. The molecule has 4 aromatic rings. The quantitative estimate of drug-likeness (QED) is 0.204. The highest BCUT2D eigenvalue weighted by Crippen LogP contribution is 2.54. The van der Waals surface area contributed by atoms with E-state index in [2.05, 4.69) is 88.6 Å². The number of nitrogens with one attached hydrogen (secondary N) is 4. The number of fused-ring (bicyclic) bond motifs is 2. The van der Waals surface area contributed by atoms with Gasteiger partial charge < -0.3 is 39.9 Å². The Labute approximate surface area is 287 Å². The Morgan fingerprint density at radius 3 is 1.40 bits per heavy atom. The van der Waals surface area contributed by atoms with Gasteiger partial charge in [-0.1, -0.05) is 48.5 Å². The molecule has 8 rings (SSSR count). The van der Waals surface area contributed by atoms with Crippen molar-refractivity contribution in [3.05, 3.63) is 72.6 Å². The second-order valence-corrected chi connectivity index (χ2v) is 13.4. The van der Waals surface area contributed by atoms with Crippen LogP contribution >= 0.6 is 0 Å². The number of benzene rings is 2. The summed E-state index contributed by atoms with van der Waals surface area (Å²) >= 11 is 0. The van der Waals surface area contributed by atoms with Gasteiger partial charge in [0.15, 0.2) is 0 Å². The normalized spacial score (nSPS) is 24.3. The first-order valence-electron chi connectivity index (χ1n) is 16.9. The van der Waals surface area contributed by atoms with Crippen LogP contribution in [0.2, 0.25) is 0 Å². The zero-order chi connectivity index (χ0) is 34.5. The first-order valence-corrected chi connectivity index (χ1v) is 16.9. The molecule has 4 aliphatic rings. The van der Waals surface area contributed by atoms with E-state index in [9.17, 15) is 19.2 Å². The highest BCUT2D eigenvalue weighted by molar-refractivity contribution is 5.84. The van der Waals surface area contributed by atoms with E-state index in [1.54, 1.807) is 12.4 Å². The minimum absolute atomic E-state index is 0.105. The molecular formula is C36H38N8O6. The van der Waals surface area contributed by atoms with Crippen LogP contribution < -0.4 is 10.6 Å². The van der Waals surface area contributed by atoms with E-state index in [1.807, 2.05) is 9.80 Å². The Hall–Kier alpha value is -5.66. The molecule has 4 fully saturated rings. The average molecular weight is 679 g/mol.